The van der Waals surface area contributed by atoms with E-state index in [4.69, 9.17) is 14.2 Å². The van der Waals surface area contributed by atoms with Crippen LogP contribution in [0, 0.1) is 0 Å². The summed E-state index contributed by atoms with van der Waals surface area (Å²) >= 11 is 0. The van der Waals surface area contributed by atoms with Gasteiger partial charge in [0.15, 0.2) is 6.61 Å². The highest BCUT2D eigenvalue weighted by Gasteiger charge is 2.27. The normalized spacial score (nSPS) is 20.6. The second-order valence-corrected chi connectivity index (χ2v) is 6.21. The van der Waals surface area contributed by atoms with Gasteiger partial charge in [-0.05, 0) is 37.1 Å². The van der Waals surface area contributed by atoms with Crippen molar-refractivity contribution in [2.45, 2.75) is 25.5 Å². The van der Waals surface area contributed by atoms with Gasteiger partial charge >= 0.3 is 0 Å². The molecule has 2 aliphatic heterocycles. The van der Waals surface area contributed by atoms with Crippen LogP contribution < -0.4 is 9.47 Å². The van der Waals surface area contributed by atoms with E-state index in [1.54, 1.807) is 7.11 Å². The molecule has 6 nitrogen and oxygen atoms in total. The number of rotatable bonds is 3. The maximum absolute atomic E-state index is 12.4. The highest BCUT2D eigenvalue weighted by atomic mass is 16.5. The molecule has 1 atom stereocenters. The summed E-state index contributed by atoms with van der Waals surface area (Å²) in [7, 11) is 1.64. The van der Waals surface area contributed by atoms with Crippen LogP contribution in [0.25, 0.3) is 10.9 Å². The predicted molar refractivity (Wildman–Crippen MR) is 88.2 cm³/mol. The van der Waals surface area contributed by atoms with Crippen molar-refractivity contribution in [2.75, 3.05) is 26.9 Å². The summed E-state index contributed by atoms with van der Waals surface area (Å²) in [5.41, 5.74) is 1.74. The SMILES string of the molecule is COc1ccc2nc3c(cc2c1)CN(CC1CCCO1)C(=O)CO3. The number of benzene rings is 1. The largest absolute Gasteiger partial charge is 0.497 e. The fraction of sp³-hybridized carbons (Fsp3) is 0.444. The minimum Gasteiger partial charge on any atom is -0.497 e. The third-order valence-corrected chi connectivity index (χ3v) is 4.56. The first-order valence-electron chi connectivity index (χ1n) is 8.23. The lowest BCUT2D eigenvalue weighted by molar-refractivity contribution is -0.134. The fourth-order valence-corrected chi connectivity index (χ4v) is 3.26. The standard InChI is InChI=1S/C18H20N2O4/c1-22-14-4-5-16-12(8-14)7-13-9-20(10-15-3-2-6-23-15)17(21)11-24-18(13)19-16/h4-5,7-8,15H,2-3,6,9-11H2,1H3. The molecule has 0 bridgehead atoms. The Hall–Kier alpha value is -2.34. The van der Waals surface area contributed by atoms with Crippen LogP contribution in [0.4, 0.5) is 0 Å². The topological polar surface area (TPSA) is 60.9 Å². The Morgan fingerprint density at radius 2 is 2.29 bits per heavy atom. The minimum absolute atomic E-state index is 0.0222. The lowest BCUT2D eigenvalue weighted by Crippen LogP contribution is -2.38. The van der Waals surface area contributed by atoms with Gasteiger partial charge < -0.3 is 19.1 Å². The molecule has 0 radical (unpaired) electrons. The number of hydrogen-bond acceptors (Lipinski definition) is 5. The number of nitrogens with zero attached hydrogens (tertiary/aromatic N) is 2. The number of aromatic nitrogens is 1. The molecule has 4 rings (SSSR count). The molecule has 3 heterocycles. The Kier molecular flexibility index (Phi) is 3.98. The Balaban J connectivity index is 1.65. The number of pyridine rings is 1. The van der Waals surface area contributed by atoms with Crippen LogP contribution in [0.2, 0.25) is 0 Å². The second kappa shape index (κ2) is 6.28. The van der Waals surface area contributed by atoms with Crippen LogP contribution in [0.15, 0.2) is 24.3 Å². The van der Waals surface area contributed by atoms with Gasteiger partial charge in [-0.15, -0.1) is 0 Å². The molecule has 0 aliphatic carbocycles. The lowest BCUT2D eigenvalue weighted by Gasteiger charge is -2.23. The molecule has 1 aromatic carbocycles. The number of amides is 1. The van der Waals surface area contributed by atoms with E-state index in [9.17, 15) is 4.79 Å². The summed E-state index contributed by atoms with van der Waals surface area (Å²) in [6, 6.07) is 7.74. The molecule has 126 valence electrons. The van der Waals surface area contributed by atoms with Gasteiger partial charge in [0.05, 0.1) is 25.3 Å². The van der Waals surface area contributed by atoms with Crippen molar-refractivity contribution >= 4 is 16.8 Å². The molecular formula is C18H20N2O4. The molecule has 1 amide bonds. The van der Waals surface area contributed by atoms with Gasteiger partial charge in [0.2, 0.25) is 5.88 Å². The van der Waals surface area contributed by atoms with Crippen LogP contribution in [-0.4, -0.2) is 48.8 Å². The number of carbonyl (C=O) groups excluding carboxylic acids is 1. The predicted octanol–water partition coefficient (Wildman–Crippen LogP) is 2.14. The third kappa shape index (κ3) is 2.89. The van der Waals surface area contributed by atoms with Gasteiger partial charge in [0.1, 0.15) is 5.75 Å². The van der Waals surface area contributed by atoms with Gasteiger partial charge in [0.25, 0.3) is 5.91 Å². The fourth-order valence-electron chi connectivity index (χ4n) is 3.26. The molecule has 2 aromatic rings. The summed E-state index contributed by atoms with van der Waals surface area (Å²) in [5.74, 6) is 1.30. The number of hydrogen-bond donors (Lipinski definition) is 0. The van der Waals surface area contributed by atoms with E-state index in [1.807, 2.05) is 29.2 Å². The quantitative estimate of drug-likeness (QED) is 0.864. The van der Waals surface area contributed by atoms with Crippen molar-refractivity contribution in [3.63, 3.8) is 0 Å². The Bertz CT molecular complexity index is 771. The first kappa shape index (κ1) is 15.2. The van der Waals surface area contributed by atoms with Crippen molar-refractivity contribution in [1.29, 1.82) is 0 Å². The summed E-state index contributed by atoms with van der Waals surface area (Å²) in [4.78, 5) is 18.7. The number of carbonyl (C=O) groups is 1. The summed E-state index contributed by atoms with van der Waals surface area (Å²) in [6.07, 6.45) is 2.19. The van der Waals surface area contributed by atoms with Gasteiger partial charge in [0, 0.05) is 24.1 Å². The molecule has 1 saturated heterocycles. The smallest absolute Gasteiger partial charge is 0.260 e. The summed E-state index contributed by atoms with van der Waals surface area (Å²) in [5, 5.41) is 0.975. The molecule has 1 fully saturated rings. The second-order valence-electron chi connectivity index (χ2n) is 6.21. The maximum Gasteiger partial charge on any atom is 0.260 e. The molecule has 2 aliphatic rings. The average molecular weight is 328 g/mol. The highest BCUT2D eigenvalue weighted by Crippen LogP contribution is 2.28. The Morgan fingerprint density at radius 1 is 1.38 bits per heavy atom. The van der Waals surface area contributed by atoms with Crippen LogP contribution in [0.5, 0.6) is 11.6 Å². The number of methoxy groups -OCH3 is 1. The monoisotopic (exact) mass is 328 g/mol. The first-order valence-corrected chi connectivity index (χ1v) is 8.23. The lowest BCUT2D eigenvalue weighted by atomic mass is 10.1. The van der Waals surface area contributed by atoms with Crippen molar-refractivity contribution < 1.29 is 19.0 Å². The highest BCUT2D eigenvalue weighted by molar-refractivity contribution is 5.83. The van der Waals surface area contributed by atoms with E-state index >= 15 is 0 Å². The van der Waals surface area contributed by atoms with Crippen LogP contribution in [0.1, 0.15) is 18.4 Å². The summed E-state index contributed by atoms with van der Waals surface area (Å²) < 4.78 is 16.6. The molecular weight excluding hydrogens is 308 g/mol. The molecule has 0 N–H and O–H groups in total. The van der Waals surface area contributed by atoms with Crippen LogP contribution >= 0.6 is 0 Å². The zero-order valence-electron chi connectivity index (χ0n) is 13.7. The van der Waals surface area contributed by atoms with E-state index in [1.165, 1.54) is 0 Å². The third-order valence-electron chi connectivity index (χ3n) is 4.56. The molecule has 6 heteroatoms. The molecule has 24 heavy (non-hydrogen) atoms. The molecule has 1 unspecified atom stereocenters. The average Bonchev–Trinajstić information content (AvgIpc) is 3.06. The van der Waals surface area contributed by atoms with Crippen LogP contribution in [0.3, 0.4) is 0 Å². The van der Waals surface area contributed by atoms with Crippen LogP contribution in [-0.2, 0) is 16.1 Å². The minimum atomic E-state index is -0.0230. The van der Waals surface area contributed by atoms with Crippen molar-refractivity contribution in [1.82, 2.24) is 9.88 Å². The van der Waals surface area contributed by atoms with E-state index in [2.05, 4.69) is 4.98 Å². The number of ether oxygens (including phenoxy) is 3. The van der Waals surface area contributed by atoms with Gasteiger partial charge in [-0.1, -0.05) is 0 Å². The van der Waals surface area contributed by atoms with Crippen molar-refractivity contribution in [2.24, 2.45) is 0 Å². The molecule has 1 aromatic heterocycles. The van der Waals surface area contributed by atoms with Crippen molar-refractivity contribution in [3.05, 3.63) is 29.8 Å². The van der Waals surface area contributed by atoms with E-state index < -0.39 is 0 Å². The maximum atomic E-state index is 12.4. The Labute approximate surface area is 140 Å². The van der Waals surface area contributed by atoms with Gasteiger partial charge in [-0.25, -0.2) is 4.98 Å². The van der Waals surface area contributed by atoms with Gasteiger partial charge in [-0.2, -0.15) is 0 Å². The van der Waals surface area contributed by atoms with Crippen molar-refractivity contribution in [3.8, 4) is 11.6 Å². The van der Waals surface area contributed by atoms with E-state index in [0.29, 0.717) is 19.0 Å². The summed E-state index contributed by atoms with van der Waals surface area (Å²) in [6.45, 7) is 1.91. The first-order chi connectivity index (χ1) is 11.7. The Morgan fingerprint density at radius 3 is 3.08 bits per heavy atom. The van der Waals surface area contributed by atoms with E-state index in [-0.39, 0.29) is 18.6 Å². The molecule has 0 saturated carbocycles. The van der Waals surface area contributed by atoms with Gasteiger partial charge in [-0.3, -0.25) is 4.79 Å². The zero-order chi connectivity index (χ0) is 16.5. The molecule has 0 spiro atoms. The number of fused-ring (bicyclic) bond motifs is 2. The van der Waals surface area contributed by atoms with E-state index in [0.717, 1.165) is 41.7 Å². The zero-order valence-corrected chi connectivity index (χ0v) is 13.7.